The zero-order valence-corrected chi connectivity index (χ0v) is 8.65. The third-order valence-corrected chi connectivity index (χ3v) is 2.17. The molecule has 0 saturated carbocycles. The molecule has 0 unspecified atom stereocenters. The number of ether oxygens (including phenoxy) is 1. The van der Waals surface area contributed by atoms with Gasteiger partial charge < -0.3 is 9.46 Å². The maximum atomic E-state index is 11.6. The van der Waals surface area contributed by atoms with Crippen LogP contribution in [0.25, 0.3) is 4.72 Å². The zero-order chi connectivity index (χ0) is 10.5. The molecule has 0 aliphatic carbocycles. The topological polar surface area (TPSA) is 57.5 Å². The first-order valence-electron chi connectivity index (χ1n) is 3.30. The summed E-state index contributed by atoms with van der Waals surface area (Å²) in [6, 6.07) is 0. The van der Waals surface area contributed by atoms with Gasteiger partial charge in [0.15, 0.2) is 10.0 Å². The van der Waals surface area contributed by atoms with Gasteiger partial charge in [0.25, 0.3) is 0 Å². The van der Waals surface area contributed by atoms with Gasteiger partial charge in [-0.3, -0.25) is 0 Å². The molecule has 0 fully saturated rings. The first-order valence-corrected chi connectivity index (χ1v) is 4.74. The van der Waals surface area contributed by atoms with Crippen molar-refractivity contribution in [1.82, 2.24) is 0 Å². The van der Waals surface area contributed by atoms with E-state index in [0.29, 0.717) is 0 Å². The average molecular weight is 227 g/mol. The van der Waals surface area contributed by atoms with Crippen molar-refractivity contribution >= 4 is 10.0 Å². The summed E-state index contributed by atoms with van der Waals surface area (Å²) >= 11 is 0. The molecule has 0 aliphatic heterocycles. The molecule has 0 atom stereocenters. The SMILES string of the molecule is COCCC[N-]S(=O)(=O)C(F)(F)F.[Li+]. The van der Waals surface area contributed by atoms with Crippen LogP contribution < -0.4 is 18.9 Å². The van der Waals surface area contributed by atoms with E-state index in [0.717, 1.165) is 0 Å². The second kappa shape index (κ2) is 6.69. The van der Waals surface area contributed by atoms with E-state index in [-0.39, 0.29) is 31.9 Å². The summed E-state index contributed by atoms with van der Waals surface area (Å²) in [5.41, 5.74) is -5.29. The Morgan fingerprint density at radius 2 is 1.86 bits per heavy atom. The van der Waals surface area contributed by atoms with Gasteiger partial charge in [0.2, 0.25) is 0 Å². The fourth-order valence-electron chi connectivity index (χ4n) is 0.467. The molecule has 0 aromatic heterocycles. The van der Waals surface area contributed by atoms with Crippen LogP contribution in [0.3, 0.4) is 0 Å². The molecule has 14 heavy (non-hydrogen) atoms. The van der Waals surface area contributed by atoms with Crippen LogP contribution in [0.4, 0.5) is 13.2 Å². The number of nitrogens with zero attached hydrogens (tertiary/aromatic N) is 1. The molecule has 0 radical (unpaired) electrons. The van der Waals surface area contributed by atoms with Crippen LogP contribution in [-0.4, -0.2) is 34.2 Å². The molecular weight excluding hydrogens is 218 g/mol. The van der Waals surface area contributed by atoms with Crippen LogP contribution in [0.15, 0.2) is 0 Å². The van der Waals surface area contributed by atoms with Gasteiger partial charge in [-0.15, -0.1) is 6.54 Å². The molecule has 0 spiro atoms. The second-order valence-corrected chi connectivity index (χ2v) is 3.79. The van der Waals surface area contributed by atoms with Crippen LogP contribution in [0.2, 0.25) is 0 Å². The first-order chi connectivity index (χ1) is 5.81. The predicted molar refractivity (Wildman–Crippen MR) is 39.7 cm³/mol. The van der Waals surface area contributed by atoms with Crippen LogP contribution in [0.1, 0.15) is 6.42 Å². The van der Waals surface area contributed by atoms with E-state index in [4.69, 9.17) is 0 Å². The Labute approximate surface area is 92.4 Å². The summed E-state index contributed by atoms with van der Waals surface area (Å²) in [5.74, 6) is 0. The van der Waals surface area contributed by atoms with Crippen molar-refractivity contribution in [3.63, 3.8) is 0 Å². The van der Waals surface area contributed by atoms with Crippen molar-refractivity contribution in [3.8, 4) is 0 Å². The largest absolute Gasteiger partial charge is 1.00 e. The average Bonchev–Trinajstić information content (AvgIpc) is 1.96. The zero-order valence-electron chi connectivity index (χ0n) is 7.84. The Bertz CT molecular complexity index is 241. The smallest absolute Gasteiger partial charge is 0.541 e. The van der Waals surface area contributed by atoms with E-state index in [1.807, 2.05) is 0 Å². The van der Waals surface area contributed by atoms with Crippen molar-refractivity contribution in [2.45, 2.75) is 11.9 Å². The Balaban J connectivity index is 0. The van der Waals surface area contributed by atoms with Gasteiger partial charge in [-0.25, -0.2) is 8.42 Å². The molecule has 0 heterocycles. The van der Waals surface area contributed by atoms with Crippen LogP contribution in [0.5, 0.6) is 0 Å². The van der Waals surface area contributed by atoms with Gasteiger partial charge in [-0.1, -0.05) is 0 Å². The number of halogens is 3. The number of alkyl halides is 3. The van der Waals surface area contributed by atoms with Gasteiger partial charge in [-0.2, -0.15) is 13.2 Å². The summed E-state index contributed by atoms with van der Waals surface area (Å²) in [4.78, 5) is 0. The number of sulfonamides is 1. The minimum Gasteiger partial charge on any atom is -0.541 e. The third kappa shape index (κ3) is 5.88. The molecule has 0 rings (SSSR count). The summed E-state index contributed by atoms with van der Waals surface area (Å²) in [5, 5.41) is 0. The van der Waals surface area contributed by atoms with E-state index in [2.05, 4.69) is 9.46 Å². The van der Waals surface area contributed by atoms with E-state index >= 15 is 0 Å². The van der Waals surface area contributed by atoms with Crippen molar-refractivity contribution in [2.75, 3.05) is 20.3 Å². The van der Waals surface area contributed by atoms with Gasteiger partial charge in [0.1, 0.15) is 0 Å². The van der Waals surface area contributed by atoms with E-state index in [1.54, 1.807) is 0 Å². The van der Waals surface area contributed by atoms with E-state index in [1.165, 1.54) is 7.11 Å². The Morgan fingerprint density at radius 1 is 1.36 bits per heavy atom. The molecule has 0 amide bonds. The van der Waals surface area contributed by atoms with E-state index < -0.39 is 22.1 Å². The molecule has 0 bridgehead atoms. The van der Waals surface area contributed by atoms with Crippen LogP contribution >= 0.6 is 0 Å². The van der Waals surface area contributed by atoms with Crippen molar-refractivity contribution in [3.05, 3.63) is 4.72 Å². The van der Waals surface area contributed by atoms with Crippen molar-refractivity contribution in [1.29, 1.82) is 0 Å². The fraction of sp³-hybridized carbons (Fsp3) is 1.00. The van der Waals surface area contributed by atoms with Crippen molar-refractivity contribution < 1.29 is 45.2 Å². The Hall–Kier alpha value is 0.257. The predicted octanol–water partition coefficient (Wildman–Crippen LogP) is -1.75. The molecular formula is C5H9F3LiNO3S. The third-order valence-electron chi connectivity index (χ3n) is 1.06. The van der Waals surface area contributed by atoms with Crippen molar-refractivity contribution in [2.24, 2.45) is 0 Å². The molecule has 0 aromatic carbocycles. The molecule has 4 nitrogen and oxygen atoms in total. The molecule has 80 valence electrons. The number of methoxy groups -OCH3 is 1. The standard InChI is InChI=1S/C5H9F3NO3S.Li/c1-12-4-2-3-9-13(10,11)5(6,7)8;/h2-4H2,1H3;/q-1;+1. The summed E-state index contributed by atoms with van der Waals surface area (Å²) < 4.78 is 62.5. The molecule has 0 saturated heterocycles. The molecule has 0 aliphatic rings. The monoisotopic (exact) mass is 227 g/mol. The van der Waals surface area contributed by atoms with Gasteiger partial charge >= 0.3 is 24.4 Å². The molecule has 0 aromatic rings. The number of hydrogen-bond acceptors (Lipinski definition) is 3. The summed E-state index contributed by atoms with van der Waals surface area (Å²) in [7, 11) is -3.95. The Morgan fingerprint density at radius 3 is 2.21 bits per heavy atom. The van der Waals surface area contributed by atoms with Gasteiger partial charge in [-0.05, 0) is 6.42 Å². The fourth-order valence-corrected chi connectivity index (χ4v) is 0.983. The van der Waals surface area contributed by atoms with Gasteiger partial charge in [0, 0.05) is 13.7 Å². The maximum Gasteiger partial charge on any atom is 1.00 e. The van der Waals surface area contributed by atoms with Crippen LogP contribution in [-0.2, 0) is 14.8 Å². The second-order valence-electron chi connectivity index (χ2n) is 2.12. The van der Waals surface area contributed by atoms with Gasteiger partial charge in [0.05, 0.1) is 0 Å². The minimum absolute atomic E-state index is 0. The Kier molecular flexibility index (Phi) is 7.97. The molecule has 0 N–H and O–H groups in total. The minimum atomic E-state index is -5.31. The summed E-state index contributed by atoms with van der Waals surface area (Å²) in [6.45, 7) is -0.230. The van der Waals surface area contributed by atoms with E-state index in [9.17, 15) is 21.6 Å². The maximum absolute atomic E-state index is 11.6. The van der Waals surface area contributed by atoms with Crippen LogP contribution in [0, 0.1) is 0 Å². The normalized spacial score (nSPS) is 12.3. The first kappa shape index (κ1) is 16.7. The quantitative estimate of drug-likeness (QED) is 0.413. The number of hydrogen-bond donors (Lipinski definition) is 0. The number of rotatable bonds is 5. The summed E-state index contributed by atoms with van der Waals surface area (Å²) in [6.07, 6.45) is 0.145. The molecule has 9 heteroatoms.